The molecule has 2 fully saturated rings. The van der Waals surface area contributed by atoms with Gasteiger partial charge in [0.1, 0.15) is 0 Å². The minimum absolute atomic E-state index is 0.0638. The Balaban J connectivity index is 2.16. The molecular weight excluding hydrogens is 300 g/mol. The van der Waals surface area contributed by atoms with Crippen molar-refractivity contribution in [2.24, 2.45) is 0 Å². The number of methoxy groups -OCH3 is 1. The Morgan fingerprint density at radius 2 is 2.05 bits per heavy atom. The summed E-state index contributed by atoms with van der Waals surface area (Å²) in [5.74, 6) is 0.370. The lowest BCUT2D eigenvalue weighted by atomic mass is 9.96. The lowest BCUT2D eigenvalue weighted by Gasteiger charge is -2.43. The summed E-state index contributed by atoms with van der Waals surface area (Å²) >= 11 is 5.95. The number of piperidine rings is 2. The molecule has 0 aromatic heterocycles. The van der Waals surface area contributed by atoms with Crippen LogP contribution in [-0.2, 0) is 14.9 Å². The highest BCUT2D eigenvalue weighted by Crippen LogP contribution is 2.29. The summed E-state index contributed by atoms with van der Waals surface area (Å²) in [6.07, 6.45) is 4.57. The molecule has 20 heavy (non-hydrogen) atoms. The lowest BCUT2D eigenvalue weighted by molar-refractivity contribution is -0.0333. The van der Waals surface area contributed by atoms with Gasteiger partial charge in [-0.1, -0.05) is 6.42 Å². The normalized spacial score (nSPS) is 34.2. The van der Waals surface area contributed by atoms with E-state index in [1.165, 1.54) is 0 Å². The van der Waals surface area contributed by atoms with Crippen molar-refractivity contribution in [2.75, 3.05) is 32.6 Å². The fourth-order valence-corrected chi connectivity index (χ4v) is 5.52. The molecule has 2 aliphatic heterocycles. The number of alkyl halides is 1. The summed E-state index contributed by atoms with van der Waals surface area (Å²) in [6.45, 7) is 3.56. The van der Waals surface area contributed by atoms with Gasteiger partial charge in [-0.2, -0.15) is 17.0 Å². The van der Waals surface area contributed by atoms with Gasteiger partial charge < -0.3 is 4.74 Å². The molecule has 0 amide bonds. The van der Waals surface area contributed by atoms with Crippen LogP contribution in [0.25, 0.3) is 0 Å². The third-order valence-electron chi connectivity index (χ3n) is 4.49. The van der Waals surface area contributed by atoms with E-state index in [4.69, 9.17) is 16.3 Å². The fourth-order valence-electron chi connectivity index (χ4n) is 3.10. The molecule has 0 radical (unpaired) electrons. The van der Waals surface area contributed by atoms with E-state index < -0.39 is 10.2 Å². The highest BCUT2D eigenvalue weighted by molar-refractivity contribution is 7.86. The fraction of sp³-hybridized carbons (Fsp3) is 1.00. The van der Waals surface area contributed by atoms with Crippen LogP contribution in [0, 0.1) is 0 Å². The van der Waals surface area contributed by atoms with Crippen molar-refractivity contribution in [3.63, 3.8) is 0 Å². The third kappa shape index (κ3) is 3.30. The van der Waals surface area contributed by atoms with Crippen LogP contribution in [0.3, 0.4) is 0 Å². The zero-order valence-corrected chi connectivity index (χ0v) is 13.9. The first-order valence-electron chi connectivity index (χ1n) is 7.31. The van der Waals surface area contributed by atoms with Crippen molar-refractivity contribution >= 4 is 21.8 Å². The Hall–Kier alpha value is 0.120. The van der Waals surface area contributed by atoms with Crippen molar-refractivity contribution in [1.82, 2.24) is 8.61 Å². The number of rotatable bonds is 4. The summed E-state index contributed by atoms with van der Waals surface area (Å²) < 4.78 is 34.4. The first-order chi connectivity index (χ1) is 9.43. The van der Waals surface area contributed by atoms with E-state index >= 15 is 0 Å². The van der Waals surface area contributed by atoms with E-state index in [9.17, 15) is 8.42 Å². The maximum Gasteiger partial charge on any atom is 0.282 e. The first-order valence-corrected chi connectivity index (χ1v) is 9.24. The maximum absolute atomic E-state index is 12.9. The second-order valence-corrected chi connectivity index (χ2v) is 8.20. The first kappa shape index (κ1) is 16.5. The summed E-state index contributed by atoms with van der Waals surface area (Å²) in [7, 11) is -1.77. The number of hydrogen-bond donors (Lipinski definition) is 0. The van der Waals surface area contributed by atoms with Gasteiger partial charge in [-0.25, -0.2) is 0 Å². The van der Waals surface area contributed by atoms with E-state index in [1.807, 2.05) is 6.92 Å². The van der Waals surface area contributed by atoms with E-state index in [0.29, 0.717) is 25.5 Å². The number of halogens is 1. The summed E-state index contributed by atoms with van der Waals surface area (Å²) in [6, 6.07) is -0.0638. The van der Waals surface area contributed by atoms with Gasteiger partial charge in [0.25, 0.3) is 10.2 Å². The summed E-state index contributed by atoms with van der Waals surface area (Å²) in [4.78, 5) is 0. The Labute approximate surface area is 127 Å². The van der Waals surface area contributed by atoms with Crippen LogP contribution in [0.5, 0.6) is 0 Å². The summed E-state index contributed by atoms with van der Waals surface area (Å²) in [5.41, 5.74) is -0.377. The van der Waals surface area contributed by atoms with Crippen molar-refractivity contribution < 1.29 is 13.2 Å². The zero-order valence-electron chi connectivity index (χ0n) is 12.3. The average molecular weight is 325 g/mol. The molecule has 0 aromatic rings. The highest BCUT2D eigenvalue weighted by atomic mass is 35.5. The molecule has 2 unspecified atom stereocenters. The Kier molecular flexibility index (Phi) is 5.34. The standard InChI is InChI=1S/C13H25ClN2O3S/c1-13(19-2)7-5-8-15(11-13)20(17,18)16-9-4-3-6-12(16)10-14/h12H,3-11H2,1-2H3. The van der Waals surface area contributed by atoms with Gasteiger partial charge in [-0.15, -0.1) is 11.6 Å². The molecule has 0 bridgehead atoms. The predicted octanol–water partition coefficient (Wildman–Crippen LogP) is 1.83. The monoisotopic (exact) mass is 324 g/mol. The third-order valence-corrected chi connectivity index (χ3v) is 6.88. The van der Waals surface area contributed by atoms with Gasteiger partial charge >= 0.3 is 0 Å². The maximum atomic E-state index is 12.9. The molecule has 2 rings (SSSR count). The molecule has 7 heteroatoms. The van der Waals surface area contributed by atoms with Crippen LogP contribution in [0.2, 0.25) is 0 Å². The minimum Gasteiger partial charge on any atom is -0.377 e. The largest absolute Gasteiger partial charge is 0.377 e. The predicted molar refractivity (Wildman–Crippen MR) is 80.2 cm³/mol. The van der Waals surface area contributed by atoms with Gasteiger partial charge in [-0.05, 0) is 32.6 Å². The smallest absolute Gasteiger partial charge is 0.282 e. The van der Waals surface area contributed by atoms with E-state index in [-0.39, 0.29) is 11.6 Å². The second kappa shape index (κ2) is 6.48. The van der Waals surface area contributed by atoms with Crippen LogP contribution < -0.4 is 0 Å². The molecule has 2 saturated heterocycles. The van der Waals surface area contributed by atoms with Gasteiger partial charge in [-0.3, -0.25) is 0 Å². The van der Waals surface area contributed by atoms with E-state index in [2.05, 4.69) is 0 Å². The molecule has 118 valence electrons. The van der Waals surface area contributed by atoms with Crippen molar-refractivity contribution in [2.45, 2.75) is 50.7 Å². The van der Waals surface area contributed by atoms with Crippen LogP contribution in [0.15, 0.2) is 0 Å². The molecule has 5 nitrogen and oxygen atoms in total. The molecule has 0 saturated carbocycles. The number of nitrogens with zero attached hydrogens (tertiary/aromatic N) is 2. The van der Waals surface area contributed by atoms with Crippen molar-refractivity contribution in [3.8, 4) is 0 Å². The van der Waals surface area contributed by atoms with Crippen LogP contribution in [0.1, 0.15) is 39.0 Å². The SMILES string of the molecule is COC1(C)CCCN(S(=O)(=O)N2CCCCC2CCl)C1. The van der Waals surface area contributed by atoms with Crippen molar-refractivity contribution in [3.05, 3.63) is 0 Å². The van der Waals surface area contributed by atoms with Gasteiger partial charge in [0, 0.05) is 38.7 Å². The Morgan fingerprint density at radius 3 is 2.70 bits per heavy atom. The lowest BCUT2D eigenvalue weighted by Crippen LogP contribution is -2.56. The molecule has 2 heterocycles. The van der Waals surface area contributed by atoms with E-state index in [0.717, 1.165) is 32.1 Å². The number of hydrogen-bond acceptors (Lipinski definition) is 3. The van der Waals surface area contributed by atoms with Crippen LogP contribution in [-0.4, -0.2) is 61.3 Å². The minimum atomic E-state index is -3.43. The average Bonchev–Trinajstić information content (AvgIpc) is 2.47. The van der Waals surface area contributed by atoms with Crippen molar-refractivity contribution in [1.29, 1.82) is 0 Å². The molecule has 0 N–H and O–H groups in total. The zero-order chi connectivity index (χ0) is 14.8. The summed E-state index contributed by atoms with van der Waals surface area (Å²) in [5, 5.41) is 0. The topological polar surface area (TPSA) is 49.9 Å². The van der Waals surface area contributed by atoms with Gasteiger partial charge in [0.15, 0.2) is 0 Å². The van der Waals surface area contributed by atoms with Crippen LogP contribution >= 0.6 is 11.6 Å². The molecule has 2 atom stereocenters. The Morgan fingerprint density at radius 1 is 1.30 bits per heavy atom. The van der Waals surface area contributed by atoms with E-state index in [1.54, 1.807) is 15.7 Å². The Bertz CT molecular complexity index is 431. The van der Waals surface area contributed by atoms with Gasteiger partial charge in [0.2, 0.25) is 0 Å². The highest BCUT2D eigenvalue weighted by Gasteiger charge is 2.41. The number of ether oxygens (including phenoxy) is 1. The second-order valence-electron chi connectivity index (χ2n) is 6.01. The molecular formula is C13H25ClN2O3S. The molecule has 0 aliphatic carbocycles. The van der Waals surface area contributed by atoms with Crippen LogP contribution in [0.4, 0.5) is 0 Å². The molecule has 2 aliphatic rings. The van der Waals surface area contributed by atoms with Gasteiger partial charge in [0.05, 0.1) is 5.60 Å². The quantitative estimate of drug-likeness (QED) is 0.741. The molecule has 0 spiro atoms. The molecule has 0 aromatic carbocycles.